The second-order valence-electron chi connectivity index (χ2n) is 10.9. The number of hydrogen-bond donors (Lipinski definition) is 2. The minimum atomic E-state index is -1.26. The van der Waals surface area contributed by atoms with E-state index in [0.29, 0.717) is 17.4 Å². The van der Waals surface area contributed by atoms with Crippen molar-refractivity contribution in [3.63, 3.8) is 0 Å². The molecular formula is C29H32FN5O6S. The first kappa shape index (κ1) is 29.5. The molecule has 5 rings (SSSR count). The van der Waals surface area contributed by atoms with Gasteiger partial charge in [-0.15, -0.1) is 0 Å². The smallest absolute Gasteiger partial charge is 0.327 e. The maximum Gasteiger partial charge on any atom is 0.327 e. The van der Waals surface area contributed by atoms with E-state index in [0.717, 1.165) is 5.56 Å². The van der Waals surface area contributed by atoms with Gasteiger partial charge in [-0.3, -0.25) is 29.9 Å². The van der Waals surface area contributed by atoms with E-state index in [1.165, 1.54) is 4.90 Å². The second kappa shape index (κ2) is 11.7. The third kappa shape index (κ3) is 5.11. The number of aromatic nitrogens is 1. The highest BCUT2D eigenvalue weighted by molar-refractivity contribution is 7.98. The predicted molar refractivity (Wildman–Crippen MR) is 156 cm³/mol. The van der Waals surface area contributed by atoms with E-state index in [1.54, 1.807) is 36.6 Å². The van der Waals surface area contributed by atoms with E-state index in [1.807, 2.05) is 48.8 Å². The summed E-state index contributed by atoms with van der Waals surface area (Å²) < 4.78 is 27.9. The molecule has 2 aliphatic rings. The number of imide groups is 2. The highest BCUT2D eigenvalue weighted by Gasteiger charge is 2.54. The van der Waals surface area contributed by atoms with Gasteiger partial charge in [0.05, 0.1) is 34.7 Å². The topological polar surface area (TPSA) is 134 Å². The molecule has 1 saturated heterocycles. The standard InChI is InChI=1S/C29H32FN5O6S/c1-16-12-35-23-19(11-29(3,25(35)17(2)40-16)27(38)32-28(39)31-14-36)10-20-24(22(23)30)41-33-26(20)34(15-37)13-21(42-4)18-8-6-5-7-9-18/h5-10,14-17,21,25H,11-13H2,1-4H3,(H2,31,32,36,38,39)/t16-,17+,21?,25-,29?/m1/s1. The Labute approximate surface area is 246 Å². The Morgan fingerprint density at radius 3 is 2.69 bits per heavy atom. The van der Waals surface area contributed by atoms with Gasteiger partial charge in [-0.1, -0.05) is 35.5 Å². The summed E-state index contributed by atoms with van der Waals surface area (Å²) in [6, 6.07) is 9.81. The molecule has 3 heterocycles. The summed E-state index contributed by atoms with van der Waals surface area (Å²) in [5.41, 5.74) is 0.427. The van der Waals surface area contributed by atoms with Gasteiger partial charge in [-0.25, -0.2) is 9.18 Å². The number of anilines is 2. The first-order valence-corrected chi connectivity index (χ1v) is 14.8. The van der Waals surface area contributed by atoms with Crippen molar-refractivity contribution < 1.29 is 32.8 Å². The molecule has 2 N–H and O–H groups in total. The van der Waals surface area contributed by atoms with E-state index in [-0.39, 0.29) is 54.4 Å². The summed E-state index contributed by atoms with van der Waals surface area (Å²) in [6.45, 7) is 5.89. The van der Waals surface area contributed by atoms with Gasteiger partial charge in [0.1, 0.15) is 0 Å². The Hall–Kier alpha value is -3.97. The Morgan fingerprint density at radius 2 is 2.02 bits per heavy atom. The van der Waals surface area contributed by atoms with Crippen molar-refractivity contribution >= 4 is 59.0 Å². The lowest BCUT2D eigenvalue weighted by molar-refractivity contribution is -0.136. The molecule has 222 valence electrons. The molecule has 2 aromatic carbocycles. The quantitative estimate of drug-likeness (QED) is 0.374. The van der Waals surface area contributed by atoms with Gasteiger partial charge in [-0.05, 0) is 50.6 Å². The van der Waals surface area contributed by atoms with Crippen LogP contribution in [0.3, 0.4) is 0 Å². The summed E-state index contributed by atoms with van der Waals surface area (Å²) in [5, 5.41) is 8.47. The van der Waals surface area contributed by atoms with Crippen LogP contribution in [-0.4, -0.2) is 67.5 Å². The monoisotopic (exact) mass is 597 g/mol. The molecular weight excluding hydrogens is 565 g/mol. The average Bonchev–Trinajstić information content (AvgIpc) is 3.37. The average molecular weight is 598 g/mol. The zero-order chi connectivity index (χ0) is 30.2. The normalized spacial score (nSPS) is 23.8. The fraction of sp³-hybridized carbons (Fsp3) is 0.414. The number of rotatable bonds is 8. The minimum Gasteiger partial charge on any atom is -0.372 e. The van der Waals surface area contributed by atoms with Crippen LogP contribution < -0.4 is 20.4 Å². The van der Waals surface area contributed by atoms with E-state index in [9.17, 15) is 19.2 Å². The molecule has 0 bridgehead atoms. The first-order chi connectivity index (χ1) is 20.1. The summed E-state index contributed by atoms with van der Waals surface area (Å²) in [7, 11) is 0. The van der Waals surface area contributed by atoms with E-state index >= 15 is 4.39 Å². The first-order valence-electron chi connectivity index (χ1n) is 13.5. The largest absolute Gasteiger partial charge is 0.372 e. The number of morpholine rings is 1. The number of amides is 5. The molecule has 5 atom stereocenters. The third-order valence-corrected chi connectivity index (χ3v) is 9.06. The van der Waals surface area contributed by atoms with Crippen LogP contribution in [0.4, 0.5) is 20.7 Å². The molecule has 13 heteroatoms. The molecule has 42 heavy (non-hydrogen) atoms. The molecule has 0 spiro atoms. The van der Waals surface area contributed by atoms with Crippen LogP contribution in [0.1, 0.15) is 37.1 Å². The molecule has 5 amide bonds. The number of nitrogens with zero attached hydrogens (tertiary/aromatic N) is 3. The molecule has 2 aliphatic heterocycles. The van der Waals surface area contributed by atoms with Crippen LogP contribution >= 0.6 is 11.8 Å². The van der Waals surface area contributed by atoms with Crippen LogP contribution in [0.25, 0.3) is 11.0 Å². The van der Waals surface area contributed by atoms with Gasteiger partial charge in [0.15, 0.2) is 11.6 Å². The Bertz CT molecular complexity index is 1520. The summed E-state index contributed by atoms with van der Waals surface area (Å²) in [6.07, 6.45) is 2.03. The van der Waals surface area contributed by atoms with Gasteiger partial charge in [0.2, 0.25) is 24.3 Å². The Balaban J connectivity index is 1.59. The maximum atomic E-state index is 16.4. The van der Waals surface area contributed by atoms with Gasteiger partial charge < -0.3 is 14.2 Å². The lowest BCUT2D eigenvalue weighted by Crippen LogP contribution is -2.67. The van der Waals surface area contributed by atoms with Crippen LogP contribution in [-0.2, 0) is 25.5 Å². The number of urea groups is 1. The fourth-order valence-corrected chi connectivity index (χ4v) is 7.07. The number of thioether (sulfide) groups is 1. The molecule has 1 fully saturated rings. The Morgan fingerprint density at radius 1 is 1.29 bits per heavy atom. The van der Waals surface area contributed by atoms with Crippen molar-refractivity contribution in [1.82, 2.24) is 15.8 Å². The van der Waals surface area contributed by atoms with Crippen molar-refractivity contribution in [2.75, 3.05) is 29.1 Å². The zero-order valence-corrected chi connectivity index (χ0v) is 24.4. The molecule has 0 saturated carbocycles. The van der Waals surface area contributed by atoms with Crippen molar-refractivity contribution in [2.24, 2.45) is 5.41 Å². The highest BCUT2D eigenvalue weighted by atomic mass is 32.2. The minimum absolute atomic E-state index is 0.0435. The third-order valence-electron chi connectivity index (χ3n) is 8.07. The molecule has 11 nitrogen and oxygen atoms in total. The van der Waals surface area contributed by atoms with Crippen molar-refractivity contribution in [1.29, 1.82) is 0 Å². The van der Waals surface area contributed by atoms with Crippen LogP contribution in [0.15, 0.2) is 40.9 Å². The number of fused-ring (bicyclic) bond motifs is 4. The van der Waals surface area contributed by atoms with Crippen molar-refractivity contribution in [2.45, 2.75) is 50.7 Å². The van der Waals surface area contributed by atoms with Gasteiger partial charge >= 0.3 is 6.03 Å². The van der Waals surface area contributed by atoms with Crippen molar-refractivity contribution in [3.8, 4) is 0 Å². The van der Waals surface area contributed by atoms with Gasteiger partial charge in [0, 0.05) is 18.3 Å². The lowest BCUT2D eigenvalue weighted by atomic mass is 9.69. The predicted octanol–water partition coefficient (Wildman–Crippen LogP) is 3.56. The van der Waals surface area contributed by atoms with Crippen LogP contribution in [0, 0.1) is 11.2 Å². The van der Waals surface area contributed by atoms with Crippen molar-refractivity contribution in [3.05, 3.63) is 53.3 Å². The number of carbonyl (C=O) groups is 4. The SMILES string of the molecule is CSC(CN(C=O)c1noc2c(F)c3c(cc12)CC(C)(C(=O)NC(=O)NC=O)[C@H]1[C@H](C)O[C@H](C)CN31)c1ccccc1. The second-order valence-corrected chi connectivity index (χ2v) is 11.9. The number of carbonyl (C=O) groups excluding carboxylic acids is 4. The molecule has 3 aromatic rings. The van der Waals surface area contributed by atoms with E-state index in [2.05, 4.69) is 10.5 Å². The molecule has 0 aliphatic carbocycles. The van der Waals surface area contributed by atoms with Crippen LogP contribution in [0.5, 0.6) is 0 Å². The molecule has 0 radical (unpaired) electrons. The summed E-state index contributed by atoms with van der Waals surface area (Å²) in [4.78, 5) is 51.9. The van der Waals surface area contributed by atoms with Crippen LogP contribution in [0.2, 0.25) is 0 Å². The maximum absolute atomic E-state index is 16.4. The zero-order valence-electron chi connectivity index (χ0n) is 23.6. The summed E-state index contributed by atoms with van der Waals surface area (Å²) in [5.74, 6) is -1.12. The summed E-state index contributed by atoms with van der Waals surface area (Å²) >= 11 is 1.57. The molecule has 1 aromatic heterocycles. The van der Waals surface area contributed by atoms with Gasteiger partial charge in [-0.2, -0.15) is 11.8 Å². The number of ether oxygens (including phenoxy) is 1. The number of benzene rings is 2. The number of hydrogen-bond acceptors (Lipinski definition) is 9. The lowest BCUT2D eigenvalue weighted by Gasteiger charge is -2.54. The Kier molecular flexibility index (Phi) is 8.24. The fourth-order valence-electron chi connectivity index (χ4n) is 6.33. The van der Waals surface area contributed by atoms with Gasteiger partial charge in [0.25, 0.3) is 0 Å². The van der Waals surface area contributed by atoms with E-state index < -0.39 is 35.3 Å². The van der Waals surface area contributed by atoms with E-state index in [4.69, 9.17) is 9.26 Å². The highest BCUT2D eigenvalue weighted by Crippen LogP contribution is 2.49. The number of nitrogens with one attached hydrogen (secondary N) is 2. The number of halogens is 1. The molecule has 2 unspecified atom stereocenters.